The molecule has 2 aromatic rings. The molecule has 1 aromatic heterocycles. The maximum absolute atomic E-state index is 12.8. The number of carbonyl (C=O) groups is 1. The zero-order chi connectivity index (χ0) is 18.9. The second kappa shape index (κ2) is 7.25. The van der Waals surface area contributed by atoms with E-state index in [1.165, 1.54) is 11.1 Å². The fourth-order valence-corrected chi connectivity index (χ4v) is 5.16. The van der Waals surface area contributed by atoms with Crippen molar-refractivity contribution in [2.24, 2.45) is 0 Å². The average Bonchev–Trinajstić information content (AvgIpc) is 3.12. The summed E-state index contributed by atoms with van der Waals surface area (Å²) in [5.41, 5.74) is 1.69. The van der Waals surface area contributed by atoms with Gasteiger partial charge in [0, 0.05) is 37.5 Å². The number of amides is 1. The summed E-state index contributed by atoms with van der Waals surface area (Å²) < 4.78 is 29.4. The van der Waals surface area contributed by atoms with Crippen molar-refractivity contribution in [1.82, 2.24) is 10.0 Å². The van der Waals surface area contributed by atoms with Crippen LogP contribution in [0.1, 0.15) is 24.7 Å². The molecule has 3 rings (SSSR count). The van der Waals surface area contributed by atoms with Gasteiger partial charge in [-0.05, 0) is 18.6 Å². The summed E-state index contributed by atoms with van der Waals surface area (Å²) in [7, 11) is 0.438. The Morgan fingerprint density at radius 2 is 2.04 bits per heavy atom. The molecule has 1 unspecified atom stereocenters. The van der Waals surface area contributed by atoms with Crippen LogP contribution in [0, 0.1) is 0 Å². The third-order valence-electron chi connectivity index (χ3n) is 4.64. The van der Waals surface area contributed by atoms with Crippen LogP contribution < -0.4 is 0 Å². The number of hydrogen-bond acceptors (Lipinski definition) is 5. The van der Waals surface area contributed by atoms with Gasteiger partial charge in [-0.1, -0.05) is 25.1 Å². The van der Waals surface area contributed by atoms with Gasteiger partial charge in [0.2, 0.25) is 0 Å². The average molecular weight is 376 g/mol. The van der Waals surface area contributed by atoms with E-state index < -0.39 is 9.84 Å². The topological polar surface area (TPSA) is 70.8 Å². The lowest BCUT2D eigenvalue weighted by Gasteiger charge is -2.32. The number of hydrazine groups is 1. The molecule has 0 radical (unpaired) electrons. The third-order valence-corrected chi connectivity index (χ3v) is 6.39. The van der Waals surface area contributed by atoms with Crippen LogP contribution in [-0.2, 0) is 21.1 Å². The number of rotatable bonds is 5. The number of carbonyl (C=O) groups excluding carboxylic acids is 1. The van der Waals surface area contributed by atoms with Crippen LogP contribution in [0.4, 0.5) is 0 Å². The van der Waals surface area contributed by atoms with Crippen LogP contribution in [0.15, 0.2) is 34.8 Å². The van der Waals surface area contributed by atoms with E-state index in [2.05, 4.69) is 0 Å². The number of sulfone groups is 1. The normalized spacial score (nSPS) is 19.6. The first-order valence-corrected chi connectivity index (χ1v) is 10.5. The van der Waals surface area contributed by atoms with E-state index in [4.69, 9.17) is 4.42 Å². The maximum atomic E-state index is 12.8. The number of aryl methyl sites for hydroxylation is 1. The van der Waals surface area contributed by atoms with E-state index in [0.29, 0.717) is 6.42 Å². The highest BCUT2D eigenvalue weighted by Gasteiger charge is 2.35. The predicted octanol–water partition coefficient (Wildman–Crippen LogP) is 2.50. The molecular weight excluding hydrogens is 352 g/mol. The molecule has 1 saturated heterocycles. The van der Waals surface area contributed by atoms with Crippen molar-refractivity contribution in [3.8, 4) is 0 Å². The SMILES string of the molecule is CCc1oc2ccccc2c1/C=C/C(=O)N(C1CCS(=O)(=O)C1)N(C)C. The summed E-state index contributed by atoms with van der Waals surface area (Å²) in [6.45, 7) is 2.01. The van der Waals surface area contributed by atoms with Crippen molar-refractivity contribution >= 4 is 32.8 Å². The molecule has 1 amide bonds. The van der Waals surface area contributed by atoms with Crippen molar-refractivity contribution in [3.63, 3.8) is 0 Å². The van der Waals surface area contributed by atoms with Crippen LogP contribution in [0.5, 0.6) is 0 Å². The number of para-hydroxylation sites is 1. The molecule has 0 bridgehead atoms. The first-order chi connectivity index (χ1) is 12.3. The van der Waals surface area contributed by atoms with Gasteiger partial charge in [0.05, 0.1) is 17.5 Å². The quantitative estimate of drug-likeness (QED) is 0.592. The lowest BCUT2D eigenvalue weighted by atomic mass is 10.1. The smallest absolute Gasteiger partial charge is 0.261 e. The minimum absolute atomic E-state index is 0.0135. The van der Waals surface area contributed by atoms with Gasteiger partial charge in [-0.2, -0.15) is 0 Å². The molecule has 1 aromatic carbocycles. The Labute approximate surface area is 154 Å². The number of fused-ring (bicyclic) bond motifs is 1. The van der Waals surface area contributed by atoms with E-state index in [1.807, 2.05) is 31.2 Å². The summed E-state index contributed by atoms with van der Waals surface area (Å²) in [4.78, 5) is 12.8. The number of furan rings is 1. The van der Waals surface area contributed by atoms with Crippen molar-refractivity contribution < 1.29 is 17.6 Å². The lowest BCUT2D eigenvalue weighted by molar-refractivity contribution is -0.143. The molecule has 0 aliphatic carbocycles. The molecule has 7 heteroatoms. The Morgan fingerprint density at radius 1 is 1.31 bits per heavy atom. The molecule has 0 saturated carbocycles. The summed E-state index contributed by atoms with van der Waals surface area (Å²) in [5, 5.41) is 4.15. The molecule has 6 nitrogen and oxygen atoms in total. The van der Waals surface area contributed by atoms with Crippen molar-refractivity contribution in [2.75, 3.05) is 25.6 Å². The van der Waals surface area contributed by atoms with Gasteiger partial charge in [-0.15, -0.1) is 0 Å². The fraction of sp³-hybridized carbons (Fsp3) is 0.421. The second-order valence-electron chi connectivity index (χ2n) is 6.71. The Bertz CT molecular complexity index is 944. The van der Waals surface area contributed by atoms with Gasteiger partial charge in [0.25, 0.3) is 5.91 Å². The molecule has 0 spiro atoms. The summed E-state index contributed by atoms with van der Waals surface area (Å²) in [5.74, 6) is 0.741. The Hall–Kier alpha value is -2.12. The van der Waals surface area contributed by atoms with Gasteiger partial charge in [-0.25, -0.2) is 13.4 Å². The highest BCUT2D eigenvalue weighted by molar-refractivity contribution is 7.91. The molecule has 1 fully saturated rings. The minimum Gasteiger partial charge on any atom is -0.460 e. The van der Waals surface area contributed by atoms with Gasteiger partial charge in [0.1, 0.15) is 11.3 Å². The summed E-state index contributed by atoms with van der Waals surface area (Å²) in [6, 6.07) is 7.40. The minimum atomic E-state index is -3.06. The maximum Gasteiger partial charge on any atom is 0.261 e. The number of hydrogen-bond donors (Lipinski definition) is 0. The van der Waals surface area contributed by atoms with Gasteiger partial charge < -0.3 is 4.42 Å². The predicted molar refractivity (Wildman–Crippen MR) is 102 cm³/mol. The molecule has 0 N–H and O–H groups in total. The van der Waals surface area contributed by atoms with Crippen LogP contribution in [-0.4, -0.2) is 56.0 Å². The van der Waals surface area contributed by atoms with Crippen LogP contribution in [0.2, 0.25) is 0 Å². The van der Waals surface area contributed by atoms with E-state index in [-0.39, 0.29) is 23.5 Å². The van der Waals surface area contributed by atoms with Gasteiger partial charge >= 0.3 is 0 Å². The number of benzene rings is 1. The van der Waals surface area contributed by atoms with Crippen LogP contribution in [0.3, 0.4) is 0 Å². The summed E-state index contributed by atoms with van der Waals surface area (Å²) in [6.07, 6.45) is 4.46. The van der Waals surface area contributed by atoms with Gasteiger partial charge in [0.15, 0.2) is 9.84 Å². The highest BCUT2D eigenvalue weighted by atomic mass is 32.2. The first-order valence-electron chi connectivity index (χ1n) is 8.71. The van der Waals surface area contributed by atoms with Crippen molar-refractivity contribution in [2.45, 2.75) is 25.8 Å². The van der Waals surface area contributed by atoms with Crippen molar-refractivity contribution in [1.29, 1.82) is 0 Å². The first kappa shape index (κ1) is 18.7. The fourth-order valence-electron chi connectivity index (χ4n) is 3.46. The third kappa shape index (κ3) is 3.68. The Morgan fingerprint density at radius 3 is 2.65 bits per heavy atom. The molecule has 2 heterocycles. The molecule has 26 heavy (non-hydrogen) atoms. The summed E-state index contributed by atoms with van der Waals surface area (Å²) >= 11 is 0. The van der Waals surface area contributed by atoms with E-state index >= 15 is 0 Å². The zero-order valence-electron chi connectivity index (χ0n) is 15.3. The second-order valence-corrected chi connectivity index (χ2v) is 8.94. The largest absolute Gasteiger partial charge is 0.460 e. The zero-order valence-corrected chi connectivity index (χ0v) is 16.1. The monoisotopic (exact) mass is 376 g/mol. The van der Waals surface area contributed by atoms with E-state index in [0.717, 1.165) is 28.7 Å². The van der Waals surface area contributed by atoms with Gasteiger partial charge in [-0.3, -0.25) is 9.80 Å². The lowest BCUT2D eigenvalue weighted by Crippen LogP contribution is -2.48. The Kier molecular flexibility index (Phi) is 5.20. The van der Waals surface area contributed by atoms with Crippen molar-refractivity contribution in [3.05, 3.63) is 41.7 Å². The standard InChI is InChI=1S/C19H24N2O4S/c1-4-17-16(15-7-5-6-8-18(15)25-17)9-10-19(22)21(20(2)3)14-11-12-26(23,24)13-14/h5-10,14H,4,11-13H2,1-3H3/b10-9+. The molecule has 1 aliphatic rings. The van der Waals surface area contributed by atoms with E-state index in [9.17, 15) is 13.2 Å². The van der Waals surface area contributed by atoms with E-state index in [1.54, 1.807) is 25.2 Å². The van der Waals surface area contributed by atoms with Crippen LogP contribution >= 0.6 is 0 Å². The molecular formula is C19H24N2O4S. The number of nitrogens with zero attached hydrogens (tertiary/aromatic N) is 2. The molecule has 1 aliphatic heterocycles. The molecule has 140 valence electrons. The molecule has 1 atom stereocenters. The van der Waals surface area contributed by atoms with Crippen LogP contribution in [0.25, 0.3) is 17.0 Å². The highest BCUT2D eigenvalue weighted by Crippen LogP contribution is 2.27. The Balaban J connectivity index is 1.88.